The van der Waals surface area contributed by atoms with Crippen molar-refractivity contribution in [3.05, 3.63) is 65.3 Å². The summed E-state index contributed by atoms with van der Waals surface area (Å²) in [5.41, 5.74) is 1.41. The van der Waals surface area contributed by atoms with Gasteiger partial charge in [-0.05, 0) is 56.7 Å². The highest BCUT2D eigenvalue weighted by Gasteiger charge is 2.26. The van der Waals surface area contributed by atoms with Gasteiger partial charge in [-0.3, -0.25) is 4.79 Å². The lowest BCUT2D eigenvalue weighted by molar-refractivity contribution is -0.133. The Bertz CT molecular complexity index is 1210. The van der Waals surface area contributed by atoms with Crippen molar-refractivity contribution >= 4 is 38.2 Å². The molecule has 1 aliphatic heterocycles. The molecule has 8 heteroatoms. The largest absolute Gasteiger partial charge is 0.341 e. The van der Waals surface area contributed by atoms with E-state index in [9.17, 15) is 13.2 Å². The van der Waals surface area contributed by atoms with Crippen molar-refractivity contribution in [1.82, 2.24) is 14.4 Å². The Morgan fingerprint density at radius 1 is 1.09 bits per heavy atom. The third kappa shape index (κ3) is 4.85. The van der Waals surface area contributed by atoms with Gasteiger partial charge in [0.05, 0.1) is 10.6 Å². The van der Waals surface area contributed by atoms with Crippen LogP contribution in [0.15, 0.2) is 59.6 Å². The normalized spacial score (nSPS) is 15.8. The zero-order valence-corrected chi connectivity index (χ0v) is 19.9. The number of amides is 1. The minimum atomic E-state index is -3.61. The highest BCUT2D eigenvalue weighted by molar-refractivity contribution is 7.90. The number of likely N-dealkylation sites (N-methyl/N-ethyl adjacent to an activating group) is 1. The number of nitrogens with zero attached hydrogens (tertiary/aromatic N) is 3. The number of piperidine rings is 1. The van der Waals surface area contributed by atoms with Gasteiger partial charge in [0, 0.05) is 35.2 Å². The van der Waals surface area contributed by atoms with E-state index in [-0.39, 0.29) is 29.1 Å². The van der Waals surface area contributed by atoms with Crippen LogP contribution < -0.4 is 0 Å². The fraction of sp³-hybridized carbons (Fsp3) is 0.375. The van der Waals surface area contributed by atoms with Gasteiger partial charge in [0.25, 0.3) is 0 Å². The quantitative estimate of drug-likeness (QED) is 0.546. The fourth-order valence-electron chi connectivity index (χ4n) is 4.31. The van der Waals surface area contributed by atoms with E-state index in [4.69, 9.17) is 11.6 Å². The second-order valence-electron chi connectivity index (χ2n) is 8.56. The van der Waals surface area contributed by atoms with Crippen molar-refractivity contribution in [3.63, 3.8) is 0 Å². The lowest BCUT2D eigenvalue weighted by Crippen LogP contribution is -2.45. The van der Waals surface area contributed by atoms with E-state index in [2.05, 4.69) is 11.9 Å². The number of carbonyl (C=O) groups is 1. The molecule has 0 unspecified atom stereocenters. The summed E-state index contributed by atoms with van der Waals surface area (Å²) in [5, 5.41) is 1.20. The molecule has 2 heterocycles. The lowest BCUT2D eigenvalue weighted by atomic mass is 10.0. The highest BCUT2D eigenvalue weighted by atomic mass is 35.5. The van der Waals surface area contributed by atoms with E-state index in [1.54, 1.807) is 41.1 Å². The topological polar surface area (TPSA) is 62.6 Å². The zero-order valence-electron chi connectivity index (χ0n) is 18.4. The van der Waals surface area contributed by atoms with Gasteiger partial charge < -0.3 is 14.4 Å². The average molecular weight is 474 g/mol. The number of hydrogen-bond acceptors (Lipinski definition) is 4. The molecule has 1 aliphatic rings. The molecule has 1 saturated heterocycles. The summed E-state index contributed by atoms with van der Waals surface area (Å²) in [6.07, 6.45) is 3.51. The number of rotatable bonds is 6. The SMILES string of the molecule is CN1CCC(N(C)C(=O)Cn2cc(S(=O)(=O)Cc3ccc(Cl)cc3)c3ccccc32)CC1. The van der Waals surface area contributed by atoms with Crippen LogP contribution in [-0.4, -0.2) is 61.9 Å². The van der Waals surface area contributed by atoms with Gasteiger partial charge in [0.15, 0.2) is 9.84 Å². The van der Waals surface area contributed by atoms with Crippen LogP contribution in [0.2, 0.25) is 5.02 Å². The molecule has 0 aliphatic carbocycles. The zero-order chi connectivity index (χ0) is 22.9. The minimum absolute atomic E-state index is 0.0121. The van der Waals surface area contributed by atoms with Crippen molar-refractivity contribution < 1.29 is 13.2 Å². The van der Waals surface area contributed by atoms with Gasteiger partial charge in [0.2, 0.25) is 5.91 Å². The first-order valence-corrected chi connectivity index (χ1v) is 12.8. The van der Waals surface area contributed by atoms with Gasteiger partial charge in [-0.2, -0.15) is 0 Å². The number of carbonyl (C=O) groups excluding carboxylic acids is 1. The third-order valence-electron chi connectivity index (χ3n) is 6.29. The van der Waals surface area contributed by atoms with E-state index in [1.807, 2.05) is 30.1 Å². The van der Waals surface area contributed by atoms with Crippen LogP contribution in [0.25, 0.3) is 10.9 Å². The number of para-hydroxylation sites is 1. The lowest BCUT2D eigenvalue weighted by Gasteiger charge is -2.35. The summed E-state index contributed by atoms with van der Waals surface area (Å²) in [7, 11) is 0.334. The molecule has 32 heavy (non-hydrogen) atoms. The van der Waals surface area contributed by atoms with Crippen LogP contribution in [0.4, 0.5) is 0 Å². The first kappa shape index (κ1) is 22.8. The van der Waals surface area contributed by atoms with Gasteiger partial charge in [0.1, 0.15) is 6.54 Å². The van der Waals surface area contributed by atoms with E-state index >= 15 is 0 Å². The van der Waals surface area contributed by atoms with Crippen LogP contribution in [0.5, 0.6) is 0 Å². The summed E-state index contributed by atoms with van der Waals surface area (Å²) < 4.78 is 28.3. The van der Waals surface area contributed by atoms with Crippen molar-refractivity contribution in [1.29, 1.82) is 0 Å². The van der Waals surface area contributed by atoms with Crippen molar-refractivity contribution in [2.45, 2.75) is 36.1 Å². The molecule has 0 bridgehead atoms. The summed E-state index contributed by atoms with van der Waals surface area (Å²) in [6.45, 7) is 2.06. The van der Waals surface area contributed by atoms with Crippen molar-refractivity contribution in [3.8, 4) is 0 Å². The van der Waals surface area contributed by atoms with Gasteiger partial charge in [-0.1, -0.05) is 41.9 Å². The first-order valence-electron chi connectivity index (χ1n) is 10.7. The van der Waals surface area contributed by atoms with Gasteiger partial charge >= 0.3 is 0 Å². The molecule has 3 aromatic rings. The second kappa shape index (κ2) is 9.25. The van der Waals surface area contributed by atoms with Crippen LogP contribution in [0, 0.1) is 0 Å². The Balaban J connectivity index is 1.60. The average Bonchev–Trinajstić information content (AvgIpc) is 3.15. The van der Waals surface area contributed by atoms with E-state index in [1.165, 1.54) is 0 Å². The van der Waals surface area contributed by atoms with E-state index < -0.39 is 9.84 Å². The number of aromatic nitrogens is 1. The Morgan fingerprint density at radius 2 is 1.75 bits per heavy atom. The number of benzene rings is 2. The third-order valence-corrected chi connectivity index (χ3v) is 8.25. The summed E-state index contributed by atoms with van der Waals surface area (Å²) in [5.74, 6) is -0.135. The minimum Gasteiger partial charge on any atom is -0.341 e. The second-order valence-corrected chi connectivity index (χ2v) is 11.0. The van der Waals surface area contributed by atoms with Crippen molar-refractivity contribution in [2.24, 2.45) is 0 Å². The monoisotopic (exact) mass is 473 g/mol. The number of fused-ring (bicyclic) bond motifs is 1. The molecule has 4 rings (SSSR count). The van der Waals surface area contributed by atoms with E-state index in [0.717, 1.165) is 31.4 Å². The van der Waals surface area contributed by atoms with Crippen LogP contribution in [-0.2, 0) is 26.9 Å². The van der Waals surface area contributed by atoms with Crippen LogP contribution in [0.1, 0.15) is 18.4 Å². The standard InChI is InChI=1S/C24H28ClN3O3S/c1-26-13-11-20(12-14-26)27(2)24(29)16-28-15-23(21-5-3-4-6-22(21)28)32(30,31)17-18-7-9-19(25)10-8-18/h3-10,15,20H,11-14,16-17H2,1-2H3. The van der Waals surface area contributed by atoms with Gasteiger partial charge in [-0.15, -0.1) is 0 Å². The number of halogens is 1. The van der Waals surface area contributed by atoms with Crippen LogP contribution >= 0.6 is 11.6 Å². The van der Waals surface area contributed by atoms with Crippen molar-refractivity contribution in [2.75, 3.05) is 27.2 Å². The predicted molar refractivity (Wildman–Crippen MR) is 128 cm³/mol. The Labute approximate surface area is 194 Å². The molecule has 170 valence electrons. The molecule has 1 fully saturated rings. The number of likely N-dealkylation sites (tertiary alicyclic amines) is 1. The molecular formula is C24H28ClN3O3S. The summed E-state index contributed by atoms with van der Waals surface area (Å²) in [4.78, 5) is 17.4. The molecule has 0 saturated carbocycles. The molecule has 1 aromatic heterocycles. The maximum Gasteiger partial charge on any atom is 0.242 e. The molecule has 0 N–H and O–H groups in total. The Morgan fingerprint density at radius 3 is 2.44 bits per heavy atom. The Hall–Kier alpha value is -2.35. The maximum absolute atomic E-state index is 13.3. The van der Waals surface area contributed by atoms with Crippen LogP contribution in [0.3, 0.4) is 0 Å². The predicted octanol–water partition coefficient (Wildman–Crippen LogP) is 3.82. The molecule has 0 atom stereocenters. The highest BCUT2D eigenvalue weighted by Crippen LogP contribution is 2.28. The fourth-order valence-corrected chi connectivity index (χ4v) is 6.02. The molecule has 0 spiro atoms. The summed E-state index contributed by atoms with van der Waals surface area (Å²) in [6, 6.07) is 14.4. The molecule has 1 amide bonds. The molecule has 0 radical (unpaired) electrons. The molecule has 2 aromatic carbocycles. The smallest absolute Gasteiger partial charge is 0.242 e. The van der Waals surface area contributed by atoms with Gasteiger partial charge in [-0.25, -0.2) is 8.42 Å². The van der Waals surface area contributed by atoms with E-state index in [0.29, 0.717) is 16.0 Å². The molecular weight excluding hydrogens is 446 g/mol. The number of hydrogen-bond donors (Lipinski definition) is 0. The maximum atomic E-state index is 13.3. The summed E-state index contributed by atoms with van der Waals surface area (Å²) >= 11 is 5.93. The molecule has 6 nitrogen and oxygen atoms in total. The number of sulfone groups is 1. The Kier molecular flexibility index (Phi) is 6.60. The first-order chi connectivity index (χ1) is 15.2.